The Balaban J connectivity index is 2.73. The Hall–Kier alpha value is -2.25. The van der Waals surface area contributed by atoms with Crippen LogP contribution in [-0.2, 0) is 10.5 Å². The fourth-order valence-corrected chi connectivity index (χ4v) is 2.76. The maximum atomic E-state index is 13.0. The molecule has 8 heteroatoms. The van der Waals surface area contributed by atoms with Crippen molar-refractivity contribution in [3.8, 4) is 0 Å². The molecule has 0 aliphatic heterocycles. The summed E-state index contributed by atoms with van der Waals surface area (Å²) in [5.41, 5.74) is -1.89. The van der Waals surface area contributed by atoms with Gasteiger partial charge in [-0.2, -0.15) is 13.2 Å². The lowest BCUT2D eigenvalue weighted by atomic mass is 9.91. The van der Waals surface area contributed by atoms with Crippen LogP contribution in [0.15, 0.2) is 48.5 Å². The molecule has 1 unspecified atom stereocenters. The number of halogens is 4. The predicted octanol–water partition coefficient (Wildman–Crippen LogP) is 3.60. The van der Waals surface area contributed by atoms with E-state index in [1.165, 1.54) is 30.3 Å². The molecule has 0 saturated heterocycles. The van der Waals surface area contributed by atoms with Crippen molar-refractivity contribution in [2.75, 3.05) is 18.9 Å². The molecule has 0 spiro atoms. The van der Waals surface area contributed by atoms with E-state index in [2.05, 4.69) is 5.32 Å². The number of carbonyl (C=O) groups excluding carboxylic acids is 1. The third kappa shape index (κ3) is 4.05. The molecule has 2 aromatic carbocycles. The van der Waals surface area contributed by atoms with E-state index >= 15 is 0 Å². The minimum atomic E-state index is -4.69. The third-order valence-electron chi connectivity index (χ3n) is 3.70. The Kier molecular flexibility index (Phi) is 5.59. The fraction of sp³-hybridized carbons (Fsp3) is 0.235. The first-order chi connectivity index (χ1) is 11.7. The van der Waals surface area contributed by atoms with Gasteiger partial charge in [0.25, 0.3) is 0 Å². The fourth-order valence-electron chi connectivity index (χ4n) is 2.59. The largest absolute Gasteiger partial charge is 0.406 e. The minimum absolute atomic E-state index is 0.0269. The van der Waals surface area contributed by atoms with E-state index < -0.39 is 18.4 Å². The minimum Gasteiger partial charge on any atom is -0.388 e. The standard InChI is InChI=1S/C17H16ClF3N2O2/c1-22-15-8-7-13(18)9-14(15)17(25,12-5-3-2-4-6-12)23(11-24)10-16(19,20)21/h2-9,11,22,25H,10H2,1H3. The van der Waals surface area contributed by atoms with E-state index in [0.717, 1.165) is 0 Å². The van der Waals surface area contributed by atoms with Crippen molar-refractivity contribution in [1.82, 2.24) is 4.90 Å². The van der Waals surface area contributed by atoms with Crippen LogP contribution in [-0.4, -0.2) is 36.2 Å². The zero-order chi connectivity index (χ0) is 18.7. The lowest BCUT2D eigenvalue weighted by molar-refractivity contribution is -0.187. The van der Waals surface area contributed by atoms with Crippen molar-refractivity contribution in [3.63, 3.8) is 0 Å². The summed E-state index contributed by atoms with van der Waals surface area (Å²) < 4.78 is 38.9. The molecule has 2 aromatic rings. The van der Waals surface area contributed by atoms with E-state index in [1.54, 1.807) is 25.2 Å². The van der Waals surface area contributed by atoms with Crippen LogP contribution in [0.3, 0.4) is 0 Å². The van der Waals surface area contributed by atoms with Gasteiger partial charge in [0.05, 0.1) is 0 Å². The molecular weight excluding hydrogens is 357 g/mol. The van der Waals surface area contributed by atoms with Gasteiger partial charge in [-0.1, -0.05) is 41.9 Å². The number of alkyl halides is 3. The number of carbonyl (C=O) groups is 1. The van der Waals surface area contributed by atoms with Gasteiger partial charge in [0.2, 0.25) is 6.41 Å². The van der Waals surface area contributed by atoms with E-state index in [4.69, 9.17) is 11.6 Å². The predicted molar refractivity (Wildman–Crippen MR) is 89.3 cm³/mol. The Morgan fingerprint density at radius 1 is 1.20 bits per heavy atom. The maximum Gasteiger partial charge on any atom is 0.406 e. The van der Waals surface area contributed by atoms with E-state index in [-0.39, 0.29) is 22.6 Å². The van der Waals surface area contributed by atoms with E-state index in [1.807, 2.05) is 0 Å². The summed E-state index contributed by atoms with van der Waals surface area (Å²) in [4.78, 5) is 11.8. The highest BCUT2D eigenvalue weighted by Gasteiger charge is 2.44. The number of anilines is 1. The van der Waals surface area contributed by atoms with Gasteiger partial charge in [0, 0.05) is 28.9 Å². The number of rotatable bonds is 6. The third-order valence-corrected chi connectivity index (χ3v) is 3.93. The highest BCUT2D eigenvalue weighted by molar-refractivity contribution is 6.30. The summed E-state index contributed by atoms with van der Waals surface area (Å²) in [7, 11) is 1.55. The van der Waals surface area contributed by atoms with Crippen LogP contribution in [0, 0.1) is 0 Å². The number of nitrogens with zero attached hydrogens (tertiary/aromatic N) is 1. The Morgan fingerprint density at radius 2 is 1.84 bits per heavy atom. The number of aliphatic hydroxyl groups is 1. The van der Waals surface area contributed by atoms with E-state index in [0.29, 0.717) is 10.6 Å². The highest BCUT2D eigenvalue weighted by atomic mass is 35.5. The number of hydrogen-bond acceptors (Lipinski definition) is 3. The highest BCUT2D eigenvalue weighted by Crippen LogP contribution is 2.39. The van der Waals surface area contributed by atoms with Gasteiger partial charge in [0.15, 0.2) is 5.72 Å². The first-order valence-corrected chi connectivity index (χ1v) is 7.64. The number of hydrogen-bond donors (Lipinski definition) is 2. The quantitative estimate of drug-likeness (QED) is 0.602. The van der Waals surface area contributed by atoms with Crippen LogP contribution in [0.4, 0.5) is 18.9 Å². The molecule has 2 rings (SSSR count). The summed E-state index contributed by atoms with van der Waals surface area (Å²) in [6.45, 7) is -1.63. The SMILES string of the molecule is CNc1ccc(Cl)cc1C(O)(c1ccccc1)N(C=O)CC(F)(F)F. The van der Waals surface area contributed by atoms with Crippen molar-refractivity contribution < 1.29 is 23.1 Å². The monoisotopic (exact) mass is 372 g/mol. The van der Waals surface area contributed by atoms with Crippen molar-refractivity contribution >= 4 is 23.7 Å². The average molecular weight is 373 g/mol. The Labute approximate surface area is 147 Å². The molecule has 0 saturated carbocycles. The zero-order valence-corrected chi connectivity index (χ0v) is 14.0. The molecule has 2 N–H and O–H groups in total. The number of nitrogens with one attached hydrogen (secondary N) is 1. The zero-order valence-electron chi connectivity index (χ0n) is 13.2. The van der Waals surface area contributed by atoms with Gasteiger partial charge in [-0.05, 0) is 18.2 Å². The first-order valence-electron chi connectivity index (χ1n) is 7.27. The second-order valence-electron chi connectivity index (χ2n) is 5.33. The lowest BCUT2D eigenvalue weighted by Crippen LogP contribution is -2.50. The number of benzene rings is 2. The first kappa shape index (κ1) is 19.1. The molecule has 0 radical (unpaired) electrons. The topological polar surface area (TPSA) is 52.6 Å². The van der Waals surface area contributed by atoms with Gasteiger partial charge in [-0.3, -0.25) is 9.69 Å². The summed E-state index contributed by atoms with van der Waals surface area (Å²) in [6, 6.07) is 12.0. The van der Waals surface area contributed by atoms with Crippen LogP contribution < -0.4 is 5.32 Å². The maximum absolute atomic E-state index is 13.0. The summed E-state index contributed by atoms with van der Waals surface area (Å²) >= 11 is 5.98. The smallest absolute Gasteiger partial charge is 0.388 e. The van der Waals surface area contributed by atoms with Crippen LogP contribution >= 0.6 is 11.6 Å². The van der Waals surface area contributed by atoms with Crippen molar-refractivity contribution in [2.24, 2.45) is 0 Å². The Bertz CT molecular complexity index is 740. The summed E-state index contributed by atoms with van der Waals surface area (Å²) in [5.74, 6) is 0. The van der Waals surface area contributed by atoms with Crippen LogP contribution in [0.2, 0.25) is 5.02 Å². The molecule has 0 bridgehead atoms. The van der Waals surface area contributed by atoms with Crippen LogP contribution in [0.1, 0.15) is 11.1 Å². The molecule has 1 amide bonds. The van der Waals surface area contributed by atoms with Gasteiger partial charge >= 0.3 is 6.18 Å². The van der Waals surface area contributed by atoms with Crippen molar-refractivity contribution in [2.45, 2.75) is 11.9 Å². The molecule has 0 heterocycles. The molecule has 0 aliphatic rings. The van der Waals surface area contributed by atoms with Crippen molar-refractivity contribution in [1.29, 1.82) is 0 Å². The Morgan fingerprint density at radius 3 is 2.36 bits per heavy atom. The number of amides is 1. The van der Waals surface area contributed by atoms with Gasteiger partial charge in [0.1, 0.15) is 6.54 Å². The normalized spacial score (nSPS) is 13.8. The molecule has 0 aliphatic carbocycles. The van der Waals surface area contributed by atoms with Gasteiger partial charge in [-0.15, -0.1) is 0 Å². The van der Waals surface area contributed by atoms with Crippen LogP contribution in [0.25, 0.3) is 0 Å². The molecular formula is C17H16ClF3N2O2. The second kappa shape index (κ2) is 7.33. The summed E-state index contributed by atoms with van der Waals surface area (Å²) in [5, 5.41) is 14.3. The van der Waals surface area contributed by atoms with E-state index in [9.17, 15) is 23.1 Å². The molecule has 134 valence electrons. The molecule has 25 heavy (non-hydrogen) atoms. The molecule has 0 aromatic heterocycles. The average Bonchev–Trinajstić information content (AvgIpc) is 2.59. The molecule has 4 nitrogen and oxygen atoms in total. The lowest BCUT2D eigenvalue weighted by Gasteiger charge is -2.39. The second-order valence-corrected chi connectivity index (χ2v) is 5.76. The van der Waals surface area contributed by atoms with Crippen molar-refractivity contribution in [3.05, 3.63) is 64.7 Å². The summed E-state index contributed by atoms with van der Waals surface area (Å²) in [6.07, 6.45) is -4.72. The molecule has 0 fully saturated rings. The molecule has 1 atom stereocenters. The van der Waals surface area contributed by atoms with Gasteiger partial charge < -0.3 is 10.4 Å². The van der Waals surface area contributed by atoms with Gasteiger partial charge in [-0.25, -0.2) is 0 Å². The van der Waals surface area contributed by atoms with Crippen LogP contribution in [0.5, 0.6) is 0 Å².